The average molecular weight is 825 g/mol. The maximum absolute atomic E-state index is 14.7. The Labute approximate surface area is 355 Å². The summed E-state index contributed by atoms with van der Waals surface area (Å²) >= 11 is 0. The second-order valence-electron chi connectivity index (χ2n) is 16.0. The summed E-state index contributed by atoms with van der Waals surface area (Å²) in [7, 11) is 4.00. The van der Waals surface area contributed by atoms with E-state index in [1.54, 1.807) is 62.6 Å². The zero-order chi connectivity index (χ0) is 42.6. The van der Waals surface area contributed by atoms with Gasteiger partial charge < -0.3 is 39.9 Å². The number of para-hydroxylation sites is 1. The Morgan fingerprint density at radius 1 is 0.918 bits per heavy atom. The zero-order valence-corrected chi connectivity index (χ0v) is 34.6. The Bertz CT molecular complexity index is 2400. The van der Waals surface area contributed by atoms with Gasteiger partial charge in [0.05, 0.1) is 36.1 Å². The second kappa shape index (κ2) is 17.9. The van der Waals surface area contributed by atoms with Gasteiger partial charge in [-0.3, -0.25) is 14.4 Å². The summed E-state index contributed by atoms with van der Waals surface area (Å²) in [6.07, 6.45) is 5.51. The highest BCUT2D eigenvalue weighted by Crippen LogP contribution is 2.32. The summed E-state index contributed by atoms with van der Waals surface area (Å²) in [6.45, 7) is 8.29. The van der Waals surface area contributed by atoms with Gasteiger partial charge in [0.2, 0.25) is 11.8 Å². The number of phenolic OH excluding ortho intramolecular Hbond substituents is 1. The summed E-state index contributed by atoms with van der Waals surface area (Å²) in [6, 6.07) is 24.3. The van der Waals surface area contributed by atoms with Crippen molar-refractivity contribution >= 4 is 46.2 Å². The van der Waals surface area contributed by atoms with Crippen LogP contribution in [0.25, 0.3) is 10.9 Å². The van der Waals surface area contributed by atoms with Gasteiger partial charge in [0.25, 0.3) is 5.91 Å². The standard InChI is InChI=1S/C46H52N10O5/c1-4-20-54-31-42(58)55-39(25-32-14-17-36(57)18-15-32)45(60)53(30-41(55)56(54)46(61)48-26-33-10-6-5-7-11-33)28-34-12-8-13-37-38(29-51(3)43(34)37)44(59)49-35-16-19-40(47-27-35)52-22-9-21-50(2)23-24-52/h4-8,10-19,27,29,39,41,57H,1,9,20-26,28,30-31H2,2-3H3,(H,48,61)(H,49,59)/t39-,41-/m0/s1. The number of pyridine rings is 1. The Hall–Kier alpha value is -6.71. The molecule has 0 saturated carbocycles. The van der Waals surface area contributed by atoms with Gasteiger partial charge in [-0.2, -0.15) is 0 Å². The third-order valence-electron chi connectivity index (χ3n) is 11.8. The molecular formula is C46H52N10O5. The van der Waals surface area contributed by atoms with Crippen LogP contribution in [0.5, 0.6) is 5.75 Å². The SMILES string of the molecule is C=CCN1CC(=O)N2[C@@H](Cc3ccc(O)cc3)C(=O)N(Cc3cccc4c(C(=O)Nc5ccc(N6CCCN(C)CC6)nc5)cn(C)c34)C[C@@H]2N1C(=O)NCc1ccccc1. The second-order valence-corrected chi connectivity index (χ2v) is 16.0. The molecule has 8 rings (SSSR count). The van der Waals surface area contributed by atoms with Gasteiger partial charge in [-0.1, -0.05) is 66.7 Å². The predicted octanol–water partition coefficient (Wildman–Crippen LogP) is 4.41. The quantitative estimate of drug-likeness (QED) is 0.165. The number of benzene rings is 3. The molecule has 15 heteroatoms. The molecule has 15 nitrogen and oxygen atoms in total. The van der Waals surface area contributed by atoms with Crippen molar-refractivity contribution in [3.8, 4) is 5.75 Å². The molecule has 5 heterocycles. The van der Waals surface area contributed by atoms with Gasteiger partial charge in [0.15, 0.2) is 0 Å². The van der Waals surface area contributed by atoms with E-state index in [0.29, 0.717) is 11.3 Å². The van der Waals surface area contributed by atoms with Crippen molar-refractivity contribution in [1.29, 1.82) is 0 Å². The number of hydrogen-bond acceptors (Lipinski definition) is 9. The molecule has 3 saturated heterocycles. The first-order valence-corrected chi connectivity index (χ1v) is 20.7. The van der Waals surface area contributed by atoms with Crippen molar-refractivity contribution < 1.29 is 24.3 Å². The molecule has 5 aromatic rings. The van der Waals surface area contributed by atoms with Crippen LogP contribution in [0.4, 0.5) is 16.3 Å². The summed E-state index contributed by atoms with van der Waals surface area (Å²) in [5.74, 6) is 0.129. The lowest BCUT2D eigenvalue weighted by molar-refractivity contribution is -0.189. The number of carbonyl (C=O) groups is 4. The number of likely N-dealkylation sites (N-methyl/N-ethyl adjacent to an activating group) is 1. The molecule has 316 valence electrons. The minimum atomic E-state index is -0.944. The number of carbonyl (C=O) groups excluding carboxylic acids is 4. The van der Waals surface area contributed by atoms with Crippen LogP contribution in [0.15, 0.2) is 110 Å². The van der Waals surface area contributed by atoms with Crippen molar-refractivity contribution in [1.82, 2.24) is 39.6 Å². The molecule has 2 atom stereocenters. The summed E-state index contributed by atoms with van der Waals surface area (Å²) in [4.78, 5) is 69.4. The van der Waals surface area contributed by atoms with Gasteiger partial charge in [0, 0.05) is 64.3 Å². The first-order valence-electron chi connectivity index (χ1n) is 20.7. The Morgan fingerprint density at radius 3 is 2.48 bits per heavy atom. The molecule has 0 bridgehead atoms. The molecule has 3 aliphatic rings. The maximum atomic E-state index is 14.7. The molecule has 0 radical (unpaired) electrons. The van der Waals surface area contributed by atoms with E-state index in [2.05, 4.69) is 39.0 Å². The first-order chi connectivity index (χ1) is 29.6. The lowest BCUT2D eigenvalue weighted by atomic mass is 9.98. The van der Waals surface area contributed by atoms with Crippen LogP contribution in [0, 0.1) is 0 Å². The molecule has 3 aromatic carbocycles. The van der Waals surface area contributed by atoms with Crippen molar-refractivity contribution in [3.05, 3.63) is 132 Å². The summed E-state index contributed by atoms with van der Waals surface area (Å²) in [5.41, 5.74) is 4.29. The molecule has 3 fully saturated rings. The predicted molar refractivity (Wildman–Crippen MR) is 233 cm³/mol. The van der Waals surface area contributed by atoms with Crippen molar-refractivity contribution in [2.75, 3.05) is 63.1 Å². The minimum absolute atomic E-state index is 0.0360. The van der Waals surface area contributed by atoms with E-state index in [1.165, 1.54) is 0 Å². The van der Waals surface area contributed by atoms with E-state index in [4.69, 9.17) is 0 Å². The number of aromatic hydroxyl groups is 1. The van der Waals surface area contributed by atoms with E-state index >= 15 is 0 Å². The number of rotatable bonds is 11. The number of aryl methyl sites for hydroxylation is 1. The van der Waals surface area contributed by atoms with E-state index in [1.807, 2.05) is 72.3 Å². The molecule has 3 N–H and O–H groups in total. The average Bonchev–Trinajstić information content (AvgIpc) is 3.45. The molecule has 0 spiro atoms. The van der Waals surface area contributed by atoms with Crippen LogP contribution in [-0.4, -0.2) is 128 Å². The number of phenols is 1. The van der Waals surface area contributed by atoms with E-state index < -0.39 is 18.2 Å². The third kappa shape index (κ3) is 8.79. The Kier molecular flexibility index (Phi) is 12.0. The number of nitrogens with zero attached hydrogens (tertiary/aromatic N) is 8. The van der Waals surface area contributed by atoms with E-state index in [-0.39, 0.29) is 62.6 Å². The van der Waals surface area contributed by atoms with Crippen LogP contribution in [-0.2, 0) is 36.1 Å². The molecule has 5 amide bonds. The van der Waals surface area contributed by atoms with Gasteiger partial charge >= 0.3 is 6.03 Å². The molecule has 0 unspecified atom stereocenters. The van der Waals surface area contributed by atoms with Crippen LogP contribution in [0.1, 0.15) is 33.5 Å². The van der Waals surface area contributed by atoms with E-state index in [9.17, 15) is 24.3 Å². The van der Waals surface area contributed by atoms with Gasteiger partial charge in [-0.25, -0.2) is 19.8 Å². The van der Waals surface area contributed by atoms with Gasteiger partial charge in [-0.05, 0) is 61.0 Å². The highest BCUT2D eigenvalue weighted by molar-refractivity contribution is 6.13. The number of piperazine rings is 1. The number of hydrogen-bond donors (Lipinski definition) is 3. The highest BCUT2D eigenvalue weighted by Gasteiger charge is 2.51. The lowest BCUT2D eigenvalue weighted by Crippen LogP contribution is -2.76. The third-order valence-corrected chi connectivity index (χ3v) is 11.8. The number of fused-ring (bicyclic) bond motifs is 2. The smallest absolute Gasteiger partial charge is 0.334 e. The number of amides is 5. The summed E-state index contributed by atoms with van der Waals surface area (Å²) < 4.78 is 1.89. The monoisotopic (exact) mass is 824 g/mol. The van der Waals surface area contributed by atoms with Crippen LogP contribution >= 0.6 is 0 Å². The van der Waals surface area contributed by atoms with E-state index in [0.717, 1.165) is 66.0 Å². The van der Waals surface area contributed by atoms with Crippen molar-refractivity contribution in [2.45, 2.75) is 38.1 Å². The fraction of sp³-hybridized carbons (Fsp3) is 0.326. The van der Waals surface area contributed by atoms with Crippen LogP contribution in [0.3, 0.4) is 0 Å². The van der Waals surface area contributed by atoms with Gasteiger partial charge in [0.1, 0.15) is 23.8 Å². The normalized spacial score (nSPS) is 18.9. The van der Waals surface area contributed by atoms with Gasteiger partial charge in [-0.15, -0.1) is 6.58 Å². The highest BCUT2D eigenvalue weighted by atomic mass is 16.3. The lowest BCUT2D eigenvalue weighted by Gasteiger charge is -2.55. The van der Waals surface area contributed by atoms with Crippen LogP contribution < -0.4 is 15.5 Å². The fourth-order valence-electron chi connectivity index (χ4n) is 8.74. The topological polar surface area (TPSA) is 150 Å². The molecular weight excluding hydrogens is 773 g/mol. The number of anilines is 2. The van der Waals surface area contributed by atoms with Crippen molar-refractivity contribution in [2.24, 2.45) is 7.05 Å². The first kappa shape index (κ1) is 41.0. The molecule has 2 aromatic heterocycles. The number of aromatic nitrogens is 2. The summed E-state index contributed by atoms with van der Waals surface area (Å²) in [5, 5.41) is 20.0. The maximum Gasteiger partial charge on any atom is 0.334 e. The molecule has 61 heavy (non-hydrogen) atoms. The Balaban J connectivity index is 1.08. The minimum Gasteiger partial charge on any atom is -0.508 e. The number of hydrazine groups is 1. The number of urea groups is 1. The molecule has 3 aliphatic heterocycles. The van der Waals surface area contributed by atoms with Crippen molar-refractivity contribution in [3.63, 3.8) is 0 Å². The zero-order valence-electron chi connectivity index (χ0n) is 34.6. The fourth-order valence-corrected chi connectivity index (χ4v) is 8.74. The molecule has 0 aliphatic carbocycles. The van der Waals surface area contributed by atoms with Crippen LogP contribution in [0.2, 0.25) is 0 Å². The number of nitrogens with one attached hydrogen (secondary N) is 2. The largest absolute Gasteiger partial charge is 0.508 e. The Morgan fingerprint density at radius 2 is 1.72 bits per heavy atom.